The molecular formula is C18H19ClN3OS+. The first-order valence-electron chi connectivity index (χ1n) is 7.77. The van der Waals surface area contributed by atoms with Crippen LogP contribution in [0.4, 0.5) is 0 Å². The number of rotatable bonds is 6. The number of hydrogen-bond acceptors (Lipinski definition) is 3. The Labute approximate surface area is 150 Å². The second kappa shape index (κ2) is 7.75. The summed E-state index contributed by atoms with van der Waals surface area (Å²) < 4.78 is 1.19. The summed E-state index contributed by atoms with van der Waals surface area (Å²) >= 11 is 7.63. The van der Waals surface area contributed by atoms with Gasteiger partial charge in [0.25, 0.3) is 5.91 Å². The molecule has 4 nitrogen and oxygen atoms in total. The molecule has 0 aliphatic carbocycles. The number of benzene rings is 2. The van der Waals surface area contributed by atoms with E-state index in [1.54, 1.807) is 11.3 Å². The van der Waals surface area contributed by atoms with Crippen molar-refractivity contribution in [3.05, 3.63) is 64.1 Å². The normalized spacial score (nSPS) is 12.2. The Balaban J connectivity index is 1.50. The molecule has 2 aromatic carbocycles. The number of likely N-dealkylation sites (N-methyl/N-ethyl adjacent to an activating group) is 1. The molecule has 0 saturated heterocycles. The van der Waals surface area contributed by atoms with E-state index in [1.165, 1.54) is 4.70 Å². The van der Waals surface area contributed by atoms with Gasteiger partial charge in [0.1, 0.15) is 11.6 Å². The van der Waals surface area contributed by atoms with Crippen molar-refractivity contribution < 1.29 is 9.69 Å². The predicted octanol–water partition coefficient (Wildman–Crippen LogP) is 2.28. The molecule has 3 rings (SSSR count). The number of carbonyl (C=O) groups is 1. The summed E-state index contributed by atoms with van der Waals surface area (Å²) in [4.78, 5) is 17.8. The molecule has 24 heavy (non-hydrogen) atoms. The molecule has 0 aliphatic rings. The van der Waals surface area contributed by atoms with Gasteiger partial charge in [-0.3, -0.25) is 4.79 Å². The van der Waals surface area contributed by atoms with Gasteiger partial charge in [0.15, 0.2) is 6.54 Å². The average molecular weight is 361 g/mol. The molecule has 1 aromatic heterocycles. The van der Waals surface area contributed by atoms with Crippen molar-refractivity contribution >= 4 is 39.1 Å². The van der Waals surface area contributed by atoms with Crippen LogP contribution in [0.5, 0.6) is 0 Å². The highest BCUT2D eigenvalue weighted by molar-refractivity contribution is 7.18. The van der Waals surface area contributed by atoms with E-state index in [1.807, 2.05) is 49.5 Å². The minimum Gasteiger partial charge on any atom is -0.347 e. The van der Waals surface area contributed by atoms with Crippen LogP contribution in [0.25, 0.3) is 10.2 Å². The van der Waals surface area contributed by atoms with Crippen LogP contribution in [0.3, 0.4) is 0 Å². The Hall–Kier alpha value is -1.95. The number of aromatic nitrogens is 1. The molecule has 6 heteroatoms. The first kappa shape index (κ1) is 16.9. The van der Waals surface area contributed by atoms with Gasteiger partial charge in [-0.05, 0) is 29.8 Å². The van der Waals surface area contributed by atoms with Crippen molar-refractivity contribution in [2.75, 3.05) is 13.6 Å². The van der Waals surface area contributed by atoms with Crippen molar-refractivity contribution in [1.29, 1.82) is 0 Å². The fraction of sp³-hybridized carbons (Fsp3) is 0.222. The van der Waals surface area contributed by atoms with Crippen molar-refractivity contribution in [2.45, 2.75) is 13.1 Å². The molecule has 0 aliphatic heterocycles. The van der Waals surface area contributed by atoms with Crippen molar-refractivity contribution in [2.24, 2.45) is 0 Å². The topological polar surface area (TPSA) is 46.4 Å². The maximum atomic E-state index is 12.1. The lowest BCUT2D eigenvalue weighted by molar-refractivity contribution is -0.885. The van der Waals surface area contributed by atoms with Crippen LogP contribution in [0, 0.1) is 0 Å². The van der Waals surface area contributed by atoms with E-state index in [9.17, 15) is 4.79 Å². The van der Waals surface area contributed by atoms with E-state index >= 15 is 0 Å². The number of halogens is 1. The van der Waals surface area contributed by atoms with Gasteiger partial charge in [0, 0.05) is 11.6 Å². The standard InChI is InChI=1S/C18H18ClN3OS/c1-22(12-18-21-15-7-2-3-8-16(15)24-18)11-17(23)20-10-13-5-4-6-14(19)9-13/h2-9H,10-12H2,1H3,(H,20,23)/p+1. The van der Waals surface area contributed by atoms with Crippen molar-refractivity contribution in [3.8, 4) is 0 Å². The lowest BCUT2D eigenvalue weighted by atomic mass is 10.2. The Bertz CT molecular complexity index is 816. The number of thiazole rings is 1. The number of fused-ring (bicyclic) bond motifs is 1. The van der Waals surface area contributed by atoms with Crippen molar-refractivity contribution in [3.63, 3.8) is 0 Å². The molecule has 3 aromatic rings. The summed E-state index contributed by atoms with van der Waals surface area (Å²) in [7, 11) is 2.00. The summed E-state index contributed by atoms with van der Waals surface area (Å²) in [5.41, 5.74) is 2.02. The predicted molar refractivity (Wildman–Crippen MR) is 98.4 cm³/mol. The molecule has 1 amide bonds. The number of carbonyl (C=O) groups excluding carboxylic acids is 1. The smallest absolute Gasteiger partial charge is 0.275 e. The first-order valence-corrected chi connectivity index (χ1v) is 8.96. The van der Waals surface area contributed by atoms with Crippen LogP contribution in [0.15, 0.2) is 48.5 Å². The molecule has 0 fully saturated rings. The van der Waals surface area contributed by atoms with E-state index in [0.29, 0.717) is 18.1 Å². The van der Waals surface area contributed by atoms with Crippen LogP contribution in [-0.4, -0.2) is 24.5 Å². The van der Waals surface area contributed by atoms with Crippen LogP contribution in [0.2, 0.25) is 5.02 Å². The largest absolute Gasteiger partial charge is 0.347 e. The summed E-state index contributed by atoms with van der Waals surface area (Å²) in [6.45, 7) is 1.65. The van der Waals surface area contributed by atoms with Gasteiger partial charge < -0.3 is 10.2 Å². The highest BCUT2D eigenvalue weighted by atomic mass is 35.5. The summed E-state index contributed by atoms with van der Waals surface area (Å²) in [6, 6.07) is 15.6. The Morgan fingerprint density at radius 1 is 1.25 bits per heavy atom. The number of nitrogens with one attached hydrogen (secondary N) is 2. The zero-order valence-corrected chi connectivity index (χ0v) is 15.0. The molecule has 0 spiro atoms. The lowest BCUT2D eigenvalue weighted by Gasteiger charge is -2.12. The molecule has 0 radical (unpaired) electrons. The molecule has 124 valence electrons. The number of amides is 1. The summed E-state index contributed by atoms with van der Waals surface area (Å²) in [5, 5.41) is 4.67. The van der Waals surface area contributed by atoms with Crippen LogP contribution >= 0.6 is 22.9 Å². The Kier molecular flexibility index (Phi) is 5.45. The van der Waals surface area contributed by atoms with Gasteiger partial charge in [-0.2, -0.15) is 0 Å². The second-order valence-corrected chi connectivity index (χ2v) is 7.34. The molecule has 2 N–H and O–H groups in total. The summed E-state index contributed by atoms with van der Waals surface area (Å²) in [5.74, 6) is 0.0218. The fourth-order valence-corrected chi connectivity index (χ4v) is 3.79. The zero-order valence-electron chi connectivity index (χ0n) is 13.4. The van der Waals surface area contributed by atoms with Gasteiger partial charge in [0.2, 0.25) is 0 Å². The molecule has 1 heterocycles. The molecule has 0 saturated carbocycles. The Morgan fingerprint density at radius 3 is 2.88 bits per heavy atom. The van der Waals surface area contributed by atoms with Crippen LogP contribution in [-0.2, 0) is 17.9 Å². The lowest BCUT2D eigenvalue weighted by Crippen LogP contribution is -3.08. The highest BCUT2D eigenvalue weighted by Gasteiger charge is 2.13. The van der Waals surface area contributed by atoms with Gasteiger partial charge in [0.05, 0.1) is 17.3 Å². The van der Waals surface area contributed by atoms with Crippen LogP contribution < -0.4 is 10.2 Å². The third-order valence-corrected chi connectivity index (χ3v) is 4.90. The van der Waals surface area contributed by atoms with Gasteiger partial charge in [-0.25, -0.2) is 4.98 Å². The van der Waals surface area contributed by atoms with E-state index in [-0.39, 0.29) is 5.91 Å². The zero-order chi connectivity index (χ0) is 16.9. The maximum absolute atomic E-state index is 12.1. The maximum Gasteiger partial charge on any atom is 0.275 e. The van der Waals surface area contributed by atoms with E-state index in [4.69, 9.17) is 11.6 Å². The van der Waals surface area contributed by atoms with Gasteiger partial charge in [-0.1, -0.05) is 35.9 Å². The van der Waals surface area contributed by atoms with E-state index < -0.39 is 0 Å². The molecule has 0 bridgehead atoms. The van der Waals surface area contributed by atoms with E-state index in [2.05, 4.69) is 16.4 Å². The molecule has 1 unspecified atom stereocenters. The second-order valence-electron chi connectivity index (χ2n) is 5.79. The van der Waals surface area contributed by atoms with Gasteiger partial charge in [-0.15, -0.1) is 11.3 Å². The monoisotopic (exact) mass is 360 g/mol. The molecular weight excluding hydrogens is 342 g/mol. The SMILES string of the molecule is C[NH+](CC(=O)NCc1cccc(Cl)c1)Cc1nc2ccccc2s1. The molecule has 1 atom stereocenters. The van der Waals surface area contributed by atoms with E-state index in [0.717, 1.165) is 27.5 Å². The first-order chi connectivity index (χ1) is 11.6. The third-order valence-electron chi connectivity index (χ3n) is 3.63. The van der Waals surface area contributed by atoms with Gasteiger partial charge >= 0.3 is 0 Å². The van der Waals surface area contributed by atoms with Crippen molar-refractivity contribution in [1.82, 2.24) is 10.3 Å². The summed E-state index contributed by atoms with van der Waals surface area (Å²) in [6.07, 6.45) is 0. The third kappa shape index (κ3) is 4.54. The highest BCUT2D eigenvalue weighted by Crippen LogP contribution is 2.20. The Morgan fingerprint density at radius 2 is 2.08 bits per heavy atom. The fourth-order valence-electron chi connectivity index (χ4n) is 2.50. The minimum atomic E-state index is 0.0218. The minimum absolute atomic E-state index is 0.0218. The van der Waals surface area contributed by atoms with Crippen LogP contribution in [0.1, 0.15) is 10.6 Å². The number of para-hydroxylation sites is 1. The number of quaternary nitrogens is 1. The number of hydrogen-bond donors (Lipinski definition) is 2. The average Bonchev–Trinajstić information content (AvgIpc) is 2.95. The quantitative estimate of drug-likeness (QED) is 0.708. The number of nitrogens with zero attached hydrogens (tertiary/aromatic N) is 1.